The van der Waals surface area contributed by atoms with E-state index in [4.69, 9.17) is 4.74 Å². The first-order valence-corrected chi connectivity index (χ1v) is 11.7. The van der Waals surface area contributed by atoms with Crippen LogP contribution in [0.25, 0.3) is 0 Å². The first-order chi connectivity index (χ1) is 13.8. The van der Waals surface area contributed by atoms with E-state index in [9.17, 15) is 19.0 Å². The lowest BCUT2D eigenvalue weighted by atomic mass is 9.95. The van der Waals surface area contributed by atoms with Gasteiger partial charge in [0.15, 0.2) is 0 Å². The van der Waals surface area contributed by atoms with Gasteiger partial charge in [0.25, 0.3) is 0 Å². The SMILES string of the molecule is COC(=O)CP(=O)(O)[C@H](Cc1ccccc1)NC(=O)[C@H](C)[C@@H](OC)C1CCCN1. The van der Waals surface area contributed by atoms with Crippen molar-refractivity contribution in [2.75, 3.05) is 26.9 Å². The van der Waals surface area contributed by atoms with Crippen LogP contribution in [0.1, 0.15) is 25.3 Å². The number of rotatable bonds is 10. The number of nitrogens with one attached hydrogen (secondary N) is 2. The van der Waals surface area contributed by atoms with E-state index in [0.717, 1.165) is 32.1 Å². The van der Waals surface area contributed by atoms with Crippen LogP contribution in [0.2, 0.25) is 0 Å². The Morgan fingerprint density at radius 2 is 2.00 bits per heavy atom. The Morgan fingerprint density at radius 3 is 2.55 bits per heavy atom. The Kier molecular flexibility index (Phi) is 8.83. The van der Waals surface area contributed by atoms with Crippen LogP contribution in [0.4, 0.5) is 0 Å². The molecule has 1 aliphatic heterocycles. The normalized spacial score (nSPS) is 21.6. The fourth-order valence-corrected chi connectivity index (χ4v) is 5.19. The fraction of sp³-hybridized carbons (Fsp3) is 0.600. The molecule has 0 bridgehead atoms. The molecule has 162 valence electrons. The van der Waals surface area contributed by atoms with Gasteiger partial charge in [0, 0.05) is 19.6 Å². The number of hydrogen-bond donors (Lipinski definition) is 3. The quantitative estimate of drug-likeness (QED) is 0.384. The average Bonchev–Trinajstić information content (AvgIpc) is 3.22. The topological polar surface area (TPSA) is 114 Å². The lowest BCUT2D eigenvalue weighted by molar-refractivity contribution is -0.137. The van der Waals surface area contributed by atoms with Gasteiger partial charge in [-0.2, -0.15) is 0 Å². The van der Waals surface area contributed by atoms with E-state index < -0.39 is 31.2 Å². The predicted octanol–water partition coefficient (Wildman–Crippen LogP) is 1.52. The van der Waals surface area contributed by atoms with Crippen LogP contribution in [-0.2, 0) is 30.0 Å². The second kappa shape index (κ2) is 10.9. The first kappa shape index (κ1) is 23.5. The van der Waals surface area contributed by atoms with Gasteiger partial charge >= 0.3 is 5.97 Å². The minimum absolute atomic E-state index is 0.0596. The standard InChI is InChI=1S/C20H31N2O6P/c1-14(19(28-3)16-10-7-11-21-16)20(24)22-17(12-15-8-5-4-6-9-15)29(25,26)13-18(23)27-2/h4-6,8-9,14,16-17,19,21H,7,10-13H2,1-3H3,(H,22,24)(H,25,26)/t14-,16?,17-,19-/m1/s1. The Labute approximate surface area is 171 Å². The molecule has 9 heteroatoms. The molecule has 1 aromatic rings. The van der Waals surface area contributed by atoms with Gasteiger partial charge in [0.1, 0.15) is 11.9 Å². The lowest BCUT2D eigenvalue weighted by Gasteiger charge is -2.30. The summed E-state index contributed by atoms with van der Waals surface area (Å²) in [7, 11) is -1.34. The molecule has 2 unspecified atom stereocenters. The molecule has 0 radical (unpaired) electrons. The second-order valence-corrected chi connectivity index (χ2v) is 9.85. The first-order valence-electron chi connectivity index (χ1n) is 9.77. The molecule has 2 rings (SSSR count). The molecule has 0 saturated carbocycles. The summed E-state index contributed by atoms with van der Waals surface area (Å²) in [4.78, 5) is 35.1. The van der Waals surface area contributed by atoms with Crippen molar-refractivity contribution in [1.29, 1.82) is 0 Å². The minimum Gasteiger partial charge on any atom is -0.469 e. The summed E-state index contributed by atoms with van der Waals surface area (Å²) in [6.07, 6.45) is 1.04. The summed E-state index contributed by atoms with van der Waals surface area (Å²) < 4.78 is 23.0. The van der Waals surface area contributed by atoms with Gasteiger partial charge in [-0.3, -0.25) is 14.2 Å². The number of hydrogen-bond acceptors (Lipinski definition) is 6. The van der Waals surface area contributed by atoms with Crippen molar-refractivity contribution in [1.82, 2.24) is 10.6 Å². The highest BCUT2D eigenvalue weighted by Gasteiger charge is 2.38. The van der Waals surface area contributed by atoms with Crippen LogP contribution < -0.4 is 10.6 Å². The number of carbonyl (C=O) groups excluding carboxylic acids is 2. The second-order valence-electron chi connectivity index (χ2n) is 7.40. The molecule has 0 spiro atoms. The maximum absolute atomic E-state index is 12.9. The lowest BCUT2D eigenvalue weighted by Crippen LogP contribution is -2.49. The van der Waals surface area contributed by atoms with Gasteiger partial charge in [-0.05, 0) is 24.9 Å². The minimum atomic E-state index is -4.06. The third-order valence-electron chi connectivity index (χ3n) is 5.32. The number of benzene rings is 1. The van der Waals surface area contributed by atoms with E-state index in [2.05, 4.69) is 15.4 Å². The van der Waals surface area contributed by atoms with Crippen molar-refractivity contribution in [3.63, 3.8) is 0 Å². The van der Waals surface area contributed by atoms with Crippen LogP contribution in [0.15, 0.2) is 30.3 Å². The van der Waals surface area contributed by atoms with Crippen molar-refractivity contribution in [3.8, 4) is 0 Å². The number of methoxy groups -OCH3 is 2. The molecule has 5 atom stereocenters. The summed E-state index contributed by atoms with van der Waals surface area (Å²) in [6.45, 7) is 2.62. The molecule has 1 heterocycles. The molecule has 3 N–H and O–H groups in total. The van der Waals surface area contributed by atoms with E-state index in [0.29, 0.717) is 0 Å². The summed E-state index contributed by atoms with van der Waals surface area (Å²) >= 11 is 0. The predicted molar refractivity (Wildman–Crippen MR) is 110 cm³/mol. The zero-order chi connectivity index (χ0) is 21.4. The molecular weight excluding hydrogens is 395 g/mol. The Bertz CT molecular complexity index is 723. The Balaban J connectivity index is 2.17. The summed E-state index contributed by atoms with van der Waals surface area (Å²) in [5, 5.41) is 6.04. The van der Waals surface area contributed by atoms with Gasteiger partial charge in [0.05, 0.1) is 19.1 Å². The number of esters is 1. The smallest absolute Gasteiger partial charge is 0.315 e. The van der Waals surface area contributed by atoms with Crippen LogP contribution in [0.5, 0.6) is 0 Å². The largest absolute Gasteiger partial charge is 0.469 e. The van der Waals surface area contributed by atoms with E-state index in [1.165, 1.54) is 0 Å². The third-order valence-corrected chi connectivity index (χ3v) is 7.32. The fourth-order valence-electron chi connectivity index (χ4n) is 3.65. The van der Waals surface area contributed by atoms with Crippen molar-refractivity contribution in [2.45, 2.75) is 44.1 Å². The van der Waals surface area contributed by atoms with E-state index in [1.54, 1.807) is 26.2 Å². The number of amides is 1. The molecule has 29 heavy (non-hydrogen) atoms. The van der Waals surface area contributed by atoms with E-state index in [-0.39, 0.29) is 24.5 Å². The molecule has 1 amide bonds. The van der Waals surface area contributed by atoms with Gasteiger partial charge in [-0.1, -0.05) is 37.3 Å². The van der Waals surface area contributed by atoms with Gasteiger partial charge in [-0.25, -0.2) is 0 Å². The van der Waals surface area contributed by atoms with Crippen LogP contribution >= 0.6 is 7.37 Å². The monoisotopic (exact) mass is 426 g/mol. The summed E-state index contributed by atoms with van der Waals surface area (Å²) in [5.74, 6) is -2.81. The summed E-state index contributed by atoms with van der Waals surface area (Å²) in [6, 6.07) is 9.13. The summed E-state index contributed by atoms with van der Waals surface area (Å²) in [5.41, 5.74) is 0.783. The average molecular weight is 426 g/mol. The zero-order valence-corrected chi connectivity index (χ0v) is 18.1. The molecule has 0 aliphatic carbocycles. The molecule has 1 fully saturated rings. The number of carbonyl (C=O) groups is 2. The Hall–Kier alpha value is -1.73. The number of ether oxygens (including phenoxy) is 2. The molecular formula is C20H31N2O6P. The maximum Gasteiger partial charge on any atom is 0.315 e. The van der Waals surface area contributed by atoms with Crippen LogP contribution in [-0.4, -0.2) is 61.6 Å². The molecule has 1 aromatic carbocycles. The highest BCUT2D eigenvalue weighted by molar-refractivity contribution is 7.59. The Morgan fingerprint density at radius 1 is 1.31 bits per heavy atom. The van der Waals surface area contributed by atoms with Crippen molar-refractivity contribution < 1.29 is 28.5 Å². The van der Waals surface area contributed by atoms with E-state index >= 15 is 0 Å². The maximum atomic E-state index is 12.9. The van der Waals surface area contributed by atoms with Crippen molar-refractivity contribution in [3.05, 3.63) is 35.9 Å². The van der Waals surface area contributed by atoms with Crippen molar-refractivity contribution >= 4 is 19.2 Å². The van der Waals surface area contributed by atoms with Gasteiger partial charge in [0.2, 0.25) is 13.3 Å². The van der Waals surface area contributed by atoms with Crippen LogP contribution in [0.3, 0.4) is 0 Å². The molecule has 8 nitrogen and oxygen atoms in total. The van der Waals surface area contributed by atoms with E-state index in [1.807, 2.05) is 18.2 Å². The van der Waals surface area contributed by atoms with Gasteiger partial charge in [-0.15, -0.1) is 0 Å². The highest BCUT2D eigenvalue weighted by Crippen LogP contribution is 2.46. The van der Waals surface area contributed by atoms with Crippen LogP contribution in [0, 0.1) is 5.92 Å². The molecule has 0 aromatic heterocycles. The molecule has 1 saturated heterocycles. The van der Waals surface area contributed by atoms with Gasteiger partial charge < -0.3 is 25.0 Å². The zero-order valence-electron chi connectivity index (χ0n) is 17.2. The third kappa shape index (κ3) is 6.64. The highest BCUT2D eigenvalue weighted by atomic mass is 31.2. The van der Waals surface area contributed by atoms with Crippen molar-refractivity contribution in [2.24, 2.45) is 5.92 Å². The molecule has 1 aliphatic rings.